The summed E-state index contributed by atoms with van der Waals surface area (Å²) in [6.07, 6.45) is 1.68. The largest absolute Gasteiger partial charge is 0.494 e. The van der Waals surface area contributed by atoms with Crippen molar-refractivity contribution in [2.45, 2.75) is 6.92 Å². The average Bonchev–Trinajstić information content (AvgIpc) is 2.90. The van der Waals surface area contributed by atoms with Crippen LogP contribution in [-0.2, 0) is 9.53 Å². The minimum atomic E-state index is 0.149. The molecular formula is C18H18N2O3. The molecule has 0 aliphatic heterocycles. The van der Waals surface area contributed by atoms with E-state index in [4.69, 9.17) is 0 Å². The number of benzene rings is 2. The number of fused-ring (bicyclic) bond motifs is 1. The van der Waals surface area contributed by atoms with E-state index in [1.54, 1.807) is 13.1 Å². The van der Waals surface area contributed by atoms with Crippen molar-refractivity contribution in [1.29, 1.82) is 0 Å². The maximum atomic E-state index is 9.87. The van der Waals surface area contributed by atoms with Gasteiger partial charge in [-0.1, -0.05) is 36.4 Å². The van der Waals surface area contributed by atoms with Gasteiger partial charge < -0.3 is 14.8 Å². The molecule has 5 heteroatoms. The van der Waals surface area contributed by atoms with Gasteiger partial charge in [-0.05, 0) is 25.1 Å². The van der Waals surface area contributed by atoms with Gasteiger partial charge in [-0.2, -0.15) is 0 Å². The molecule has 1 aromatic heterocycles. The molecular weight excluding hydrogens is 292 g/mol. The summed E-state index contributed by atoms with van der Waals surface area (Å²) in [5.74, 6) is 0.149. The number of para-hydroxylation sites is 2. The van der Waals surface area contributed by atoms with Crippen molar-refractivity contribution in [3.05, 3.63) is 60.2 Å². The van der Waals surface area contributed by atoms with Crippen molar-refractivity contribution in [3.63, 3.8) is 0 Å². The second kappa shape index (κ2) is 8.38. The first kappa shape index (κ1) is 16.3. The van der Waals surface area contributed by atoms with E-state index in [2.05, 4.69) is 14.7 Å². The standard InChI is InChI=1S/C15H12N2O.C3H6O2/c18-15-13(10-16-11-6-2-1-3-7-11)12-8-4-5-9-14(12)17-15;1-2-5-3-4/h1-10,17-18H;3H,2H2,1H3. The first-order chi connectivity index (χ1) is 11.3. The molecule has 2 aromatic carbocycles. The number of hydrogen-bond acceptors (Lipinski definition) is 4. The Balaban J connectivity index is 0.000000338. The van der Waals surface area contributed by atoms with Gasteiger partial charge in [0.25, 0.3) is 6.47 Å². The van der Waals surface area contributed by atoms with Crippen LogP contribution < -0.4 is 0 Å². The number of nitrogens with zero attached hydrogens (tertiary/aromatic N) is 1. The van der Waals surface area contributed by atoms with E-state index < -0.39 is 0 Å². The van der Waals surface area contributed by atoms with Crippen molar-refractivity contribution in [2.24, 2.45) is 4.99 Å². The Kier molecular flexibility index (Phi) is 5.94. The number of aromatic amines is 1. The van der Waals surface area contributed by atoms with Gasteiger partial charge in [0.2, 0.25) is 0 Å². The van der Waals surface area contributed by atoms with Gasteiger partial charge in [0.05, 0.1) is 17.9 Å². The van der Waals surface area contributed by atoms with E-state index in [0.29, 0.717) is 13.1 Å². The second-order valence-electron chi connectivity index (χ2n) is 4.58. The molecule has 0 aliphatic rings. The van der Waals surface area contributed by atoms with Crippen molar-refractivity contribution >= 4 is 29.3 Å². The lowest BCUT2D eigenvalue weighted by Gasteiger charge is -1.93. The number of aliphatic imine (C=N–C) groups is 1. The number of H-pyrrole nitrogens is 1. The normalized spacial score (nSPS) is 10.3. The van der Waals surface area contributed by atoms with E-state index in [9.17, 15) is 9.90 Å². The predicted octanol–water partition coefficient (Wildman–Crippen LogP) is 3.80. The molecule has 0 aliphatic carbocycles. The third kappa shape index (κ3) is 4.44. The maximum Gasteiger partial charge on any atom is 0.293 e. The number of aromatic nitrogens is 1. The highest BCUT2D eigenvalue weighted by atomic mass is 16.5. The molecule has 1 heterocycles. The molecule has 3 aromatic rings. The topological polar surface area (TPSA) is 74.7 Å². The fraction of sp³-hybridized carbons (Fsp3) is 0.111. The zero-order chi connectivity index (χ0) is 16.5. The number of aromatic hydroxyl groups is 1. The molecule has 23 heavy (non-hydrogen) atoms. The van der Waals surface area contributed by atoms with E-state index in [1.807, 2.05) is 54.6 Å². The van der Waals surface area contributed by atoms with Gasteiger partial charge in [0.1, 0.15) is 0 Å². The van der Waals surface area contributed by atoms with Crippen LogP contribution in [0.5, 0.6) is 5.88 Å². The Morgan fingerprint density at radius 2 is 1.83 bits per heavy atom. The molecule has 0 saturated carbocycles. The number of ether oxygens (including phenoxy) is 1. The predicted molar refractivity (Wildman–Crippen MR) is 91.3 cm³/mol. The third-order valence-electron chi connectivity index (χ3n) is 3.06. The number of carbonyl (C=O) groups excluding carboxylic acids is 1. The molecule has 0 saturated heterocycles. The third-order valence-corrected chi connectivity index (χ3v) is 3.06. The zero-order valence-corrected chi connectivity index (χ0v) is 12.8. The van der Waals surface area contributed by atoms with Gasteiger partial charge in [-0.3, -0.25) is 9.79 Å². The lowest BCUT2D eigenvalue weighted by atomic mass is 10.2. The van der Waals surface area contributed by atoms with Crippen LogP contribution in [0.15, 0.2) is 59.6 Å². The zero-order valence-electron chi connectivity index (χ0n) is 12.8. The molecule has 0 spiro atoms. The smallest absolute Gasteiger partial charge is 0.293 e. The molecule has 3 rings (SSSR count). The molecule has 0 fully saturated rings. The van der Waals surface area contributed by atoms with Gasteiger partial charge in [0, 0.05) is 17.1 Å². The Morgan fingerprint density at radius 1 is 1.13 bits per heavy atom. The molecule has 2 N–H and O–H groups in total. The summed E-state index contributed by atoms with van der Waals surface area (Å²) in [7, 11) is 0. The van der Waals surface area contributed by atoms with Gasteiger partial charge in [-0.25, -0.2) is 0 Å². The van der Waals surface area contributed by atoms with Crippen LogP contribution in [0.1, 0.15) is 12.5 Å². The van der Waals surface area contributed by atoms with Crippen LogP contribution in [0, 0.1) is 0 Å². The van der Waals surface area contributed by atoms with Gasteiger partial charge >= 0.3 is 0 Å². The van der Waals surface area contributed by atoms with Crippen molar-refractivity contribution in [2.75, 3.05) is 6.61 Å². The SMILES string of the molecule is CCOC=O.Oc1[nH]c2ccccc2c1C=Nc1ccccc1. The summed E-state index contributed by atoms with van der Waals surface area (Å²) in [6.45, 7) is 2.66. The van der Waals surface area contributed by atoms with Crippen LogP contribution in [-0.4, -0.2) is 29.4 Å². The molecule has 0 atom stereocenters. The molecule has 0 amide bonds. The summed E-state index contributed by atoms with van der Waals surface area (Å²) in [5, 5.41) is 10.8. The van der Waals surface area contributed by atoms with Gasteiger partial charge in [0.15, 0.2) is 5.88 Å². The molecule has 118 valence electrons. The highest BCUT2D eigenvalue weighted by Crippen LogP contribution is 2.25. The first-order valence-corrected chi connectivity index (χ1v) is 7.20. The highest BCUT2D eigenvalue weighted by molar-refractivity contribution is 6.02. The fourth-order valence-corrected chi connectivity index (χ4v) is 2.00. The van der Waals surface area contributed by atoms with E-state index in [1.165, 1.54) is 0 Å². The van der Waals surface area contributed by atoms with E-state index >= 15 is 0 Å². The van der Waals surface area contributed by atoms with E-state index in [0.717, 1.165) is 22.2 Å². The van der Waals surface area contributed by atoms with E-state index in [-0.39, 0.29) is 5.88 Å². The van der Waals surface area contributed by atoms with Crippen LogP contribution in [0.2, 0.25) is 0 Å². The summed E-state index contributed by atoms with van der Waals surface area (Å²) >= 11 is 0. The Hall–Kier alpha value is -3.08. The number of hydrogen-bond donors (Lipinski definition) is 2. The number of rotatable bonds is 4. The van der Waals surface area contributed by atoms with Gasteiger partial charge in [-0.15, -0.1) is 0 Å². The second-order valence-corrected chi connectivity index (χ2v) is 4.58. The summed E-state index contributed by atoms with van der Waals surface area (Å²) in [4.78, 5) is 16.5. The Labute approximate surface area is 134 Å². The minimum absolute atomic E-state index is 0.149. The summed E-state index contributed by atoms with van der Waals surface area (Å²) in [5.41, 5.74) is 2.49. The summed E-state index contributed by atoms with van der Waals surface area (Å²) in [6, 6.07) is 17.4. The molecule has 0 radical (unpaired) electrons. The van der Waals surface area contributed by atoms with Crippen LogP contribution in [0.25, 0.3) is 10.9 Å². The quantitative estimate of drug-likeness (QED) is 0.568. The fourth-order valence-electron chi connectivity index (χ4n) is 2.00. The van der Waals surface area contributed by atoms with Crippen molar-refractivity contribution < 1.29 is 14.6 Å². The lowest BCUT2D eigenvalue weighted by molar-refractivity contribution is -0.128. The minimum Gasteiger partial charge on any atom is -0.494 e. The number of carbonyl (C=O) groups is 1. The van der Waals surface area contributed by atoms with Crippen LogP contribution in [0.3, 0.4) is 0 Å². The first-order valence-electron chi connectivity index (χ1n) is 7.20. The molecule has 0 bridgehead atoms. The maximum absolute atomic E-state index is 9.87. The summed E-state index contributed by atoms with van der Waals surface area (Å²) < 4.78 is 4.15. The molecule has 5 nitrogen and oxygen atoms in total. The molecule has 0 unspecified atom stereocenters. The Morgan fingerprint density at radius 3 is 2.48 bits per heavy atom. The number of nitrogens with one attached hydrogen (secondary N) is 1. The van der Waals surface area contributed by atoms with Crippen LogP contribution in [0.4, 0.5) is 5.69 Å². The van der Waals surface area contributed by atoms with Crippen molar-refractivity contribution in [1.82, 2.24) is 4.98 Å². The highest BCUT2D eigenvalue weighted by Gasteiger charge is 2.07. The van der Waals surface area contributed by atoms with Crippen molar-refractivity contribution in [3.8, 4) is 5.88 Å². The monoisotopic (exact) mass is 310 g/mol. The van der Waals surface area contributed by atoms with Crippen LogP contribution >= 0.6 is 0 Å². The Bertz CT molecular complexity index is 779. The lowest BCUT2D eigenvalue weighted by Crippen LogP contribution is -1.80. The average molecular weight is 310 g/mol.